The van der Waals surface area contributed by atoms with Gasteiger partial charge in [0.05, 0.1) is 21.1 Å². The third kappa shape index (κ3) is 5.36. The van der Waals surface area contributed by atoms with E-state index in [1.54, 1.807) is 0 Å². The summed E-state index contributed by atoms with van der Waals surface area (Å²) in [5, 5.41) is 0. The topological polar surface area (TPSA) is 18.5 Å². The Bertz CT molecular complexity index is 821. The monoisotopic (exact) mass is 348 g/mol. The van der Waals surface area contributed by atoms with Gasteiger partial charge in [-0.15, -0.1) is 0 Å². The van der Waals surface area contributed by atoms with E-state index >= 15 is 0 Å². The van der Waals surface area contributed by atoms with Gasteiger partial charge < -0.3 is 14.0 Å². The van der Waals surface area contributed by atoms with E-state index in [9.17, 15) is 0 Å². The van der Waals surface area contributed by atoms with Crippen molar-refractivity contribution in [2.24, 2.45) is 0 Å². The van der Waals surface area contributed by atoms with Crippen molar-refractivity contribution in [3.8, 4) is 17.2 Å². The molecule has 3 heteroatoms. The Morgan fingerprint density at radius 2 is 1.35 bits per heavy atom. The highest BCUT2D eigenvalue weighted by atomic mass is 16.5. The second-order valence-corrected chi connectivity index (χ2v) is 7.40. The molecule has 0 fully saturated rings. The molecule has 0 amide bonds. The van der Waals surface area contributed by atoms with Crippen LogP contribution in [0.2, 0.25) is 0 Å². The molecule has 3 aromatic rings. The molecular weight excluding hydrogens is 322 g/mol. The molecule has 0 saturated heterocycles. The quantitative estimate of drug-likeness (QED) is 0.542. The number of ether oxygens (including phenoxy) is 2. The van der Waals surface area contributed by atoms with Crippen molar-refractivity contribution in [2.75, 3.05) is 21.1 Å². The van der Waals surface area contributed by atoms with Gasteiger partial charge in [0.1, 0.15) is 30.4 Å². The van der Waals surface area contributed by atoms with Gasteiger partial charge in [-0.3, -0.25) is 0 Å². The van der Waals surface area contributed by atoms with Gasteiger partial charge in [-0.25, -0.2) is 0 Å². The fraction of sp³-hybridized carbons (Fsp3) is 0.217. The Hall–Kier alpha value is -2.78. The van der Waals surface area contributed by atoms with Gasteiger partial charge in [0.2, 0.25) is 0 Å². The van der Waals surface area contributed by atoms with E-state index in [1.807, 2.05) is 66.7 Å². The largest absolute Gasteiger partial charge is 0.489 e. The molecule has 134 valence electrons. The molecule has 0 aliphatic carbocycles. The highest BCUT2D eigenvalue weighted by Gasteiger charge is 2.09. The number of para-hydroxylation sites is 2. The SMILES string of the molecule is C[N+](C)(C)Cc1ccc(OCc2ccccc2Oc2ccccc2)cc1. The smallest absolute Gasteiger partial charge is 0.134 e. The lowest BCUT2D eigenvalue weighted by atomic mass is 10.2. The van der Waals surface area contributed by atoms with Crippen LogP contribution in [0.4, 0.5) is 0 Å². The summed E-state index contributed by atoms with van der Waals surface area (Å²) >= 11 is 0. The van der Waals surface area contributed by atoms with Crippen molar-refractivity contribution in [3.63, 3.8) is 0 Å². The molecule has 0 atom stereocenters. The van der Waals surface area contributed by atoms with E-state index in [2.05, 4.69) is 33.3 Å². The summed E-state index contributed by atoms with van der Waals surface area (Å²) in [5.41, 5.74) is 2.32. The molecule has 26 heavy (non-hydrogen) atoms. The highest BCUT2D eigenvalue weighted by molar-refractivity contribution is 5.38. The van der Waals surface area contributed by atoms with Crippen LogP contribution in [0.25, 0.3) is 0 Å². The maximum atomic E-state index is 5.99. The summed E-state index contributed by atoms with van der Waals surface area (Å²) < 4.78 is 12.9. The van der Waals surface area contributed by atoms with E-state index in [-0.39, 0.29) is 0 Å². The molecule has 0 N–H and O–H groups in total. The fourth-order valence-electron chi connectivity index (χ4n) is 2.74. The van der Waals surface area contributed by atoms with Gasteiger partial charge in [0, 0.05) is 11.1 Å². The molecule has 0 aromatic heterocycles. The lowest BCUT2D eigenvalue weighted by molar-refractivity contribution is -0.884. The number of hydrogen-bond acceptors (Lipinski definition) is 2. The lowest BCUT2D eigenvalue weighted by Crippen LogP contribution is -2.33. The molecule has 0 radical (unpaired) electrons. The van der Waals surface area contributed by atoms with Crippen molar-refractivity contribution in [3.05, 3.63) is 90.0 Å². The minimum absolute atomic E-state index is 0.470. The van der Waals surface area contributed by atoms with Crippen LogP contribution in [0, 0.1) is 0 Å². The standard InChI is InChI=1S/C23H26NO2/c1-24(2,3)17-19-13-15-21(16-14-19)25-18-20-9-7-8-12-23(20)26-22-10-5-4-6-11-22/h4-16H,17-18H2,1-3H3/q+1. The first kappa shape index (κ1) is 18.0. The maximum absolute atomic E-state index is 5.99. The summed E-state index contributed by atoms with van der Waals surface area (Å²) in [7, 11) is 6.57. The van der Waals surface area contributed by atoms with E-state index in [0.29, 0.717) is 6.61 Å². The van der Waals surface area contributed by atoms with Crippen molar-refractivity contribution >= 4 is 0 Å². The first-order valence-electron chi connectivity index (χ1n) is 8.83. The molecule has 0 heterocycles. The summed E-state index contributed by atoms with van der Waals surface area (Å²) in [6, 6.07) is 26.1. The summed E-state index contributed by atoms with van der Waals surface area (Å²) in [6.07, 6.45) is 0. The number of nitrogens with zero attached hydrogens (tertiary/aromatic N) is 1. The van der Waals surface area contributed by atoms with E-state index in [0.717, 1.165) is 33.8 Å². The zero-order valence-electron chi connectivity index (χ0n) is 15.7. The summed E-state index contributed by atoms with van der Waals surface area (Å²) in [5.74, 6) is 2.51. The van der Waals surface area contributed by atoms with Crippen LogP contribution in [-0.4, -0.2) is 25.6 Å². The molecule has 3 rings (SSSR count). The molecular formula is C23H26NO2+. The van der Waals surface area contributed by atoms with Crippen LogP contribution in [0.15, 0.2) is 78.9 Å². The van der Waals surface area contributed by atoms with Gasteiger partial charge in [-0.05, 0) is 42.5 Å². The van der Waals surface area contributed by atoms with Crippen LogP contribution >= 0.6 is 0 Å². The minimum atomic E-state index is 0.470. The minimum Gasteiger partial charge on any atom is -0.489 e. The van der Waals surface area contributed by atoms with Gasteiger partial charge in [-0.2, -0.15) is 0 Å². The van der Waals surface area contributed by atoms with Crippen LogP contribution in [0.3, 0.4) is 0 Å². The average molecular weight is 348 g/mol. The molecule has 0 aliphatic rings. The predicted molar refractivity (Wildman–Crippen MR) is 105 cm³/mol. The van der Waals surface area contributed by atoms with Gasteiger partial charge in [0.15, 0.2) is 0 Å². The van der Waals surface area contributed by atoms with E-state index < -0.39 is 0 Å². The Balaban J connectivity index is 1.65. The summed E-state index contributed by atoms with van der Waals surface area (Å²) in [6.45, 7) is 1.46. The first-order valence-corrected chi connectivity index (χ1v) is 8.83. The Kier molecular flexibility index (Phi) is 5.59. The molecule has 3 nitrogen and oxygen atoms in total. The molecule has 0 spiro atoms. The van der Waals surface area contributed by atoms with Crippen LogP contribution in [0.5, 0.6) is 17.2 Å². The van der Waals surface area contributed by atoms with Crippen molar-refractivity contribution in [1.82, 2.24) is 0 Å². The van der Waals surface area contributed by atoms with Gasteiger partial charge >= 0.3 is 0 Å². The first-order chi connectivity index (χ1) is 12.5. The molecule has 0 bridgehead atoms. The lowest BCUT2D eigenvalue weighted by Gasteiger charge is -2.23. The Morgan fingerprint density at radius 3 is 2.04 bits per heavy atom. The van der Waals surface area contributed by atoms with Gasteiger partial charge in [-0.1, -0.05) is 36.4 Å². The summed E-state index contributed by atoms with van der Waals surface area (Å²) in [4.78, 5) is 0. The Morgan fingerprint density at radius 1 is 0.692 bits per heavy atom. The number of quaternary nitrogens is 1. The van der Waals surface area contributed by atoms with Crippen LogP contribution in [-0.2, 0) is 13.2 Å². The van der Waals surface area contributed by atoms with Crippen molar-refractivity contribution in [2.45, 2.75) is 13.2 Å². The molecule has 0 saturated carbocycles. The second-order valence-electron chi connectivity index (χ2n) is 7.40. The van der Waals surface area contributed by atoms with Crippen molar-refractivity contribution < 1.29 is 14.0 Å². The fourth-order valence-corrected chi connectivity index (χ4v) is 2.74. The normalized spacial score (nSPS) is 11.2. The van der Waals surface area contributed by atoms with E-state index in [1.165, 1.54) is 5.56 Å². The van der Waals surface area contributed by atoms with E-state index in [4.69, 9.17) is 9.47 Å². The zero-order valence-corrected chi connectivity index (χ0v) is 15.7. The number of hydrogen-bond donors (Lipinski definition) is 0. The molecule has 3 aromatic carbocycles. The molecule has 0 aliphatic heterocycles. The Labute approximate surface area is 156 Å². The van der Waals surface area contributed by atoms with Gasteiger partial charge in [0.25, 0.3) is 0 Å². The van der Waals surface area contributed by atoms with Crippen LogP contribution < -0.4 is 9.47 Å². The molecule has 0 unspecified atom stereocenters. The second kappa shape index (κ2) is 8.07. The third-order valence-corrected chi connectivity index (χ3v) is 3.92. The zero-order chi connectivity index (χ0) is 18.4. The third-order valence-electron chi connectivity index (χ3n) is 3.92. The number of benzene rings is 3. The average Bonchev–Trinajstić information content (AvgIpc) is 2.62. The van der Waals surface area contributed by atoms with Crippen LogP contribution in [0.1, 0.15) is 11.1 Å². The maximum Gasteiger partial charge on any atom is 0.134 e. The highest BCUT2D eigenvalue weighted by Crippen LogP contribution is 2.26. The predicted octanol–water partition coefficient (Wildman–Crippen LogP) is 5.26. The van der Waals surface area contributed by atoms with Crippen molar-refractivity contribution in [1.29, 1.82) is 0 Å². The number of rotatable bonds is 7.